The van der Waals surface area contributed by atoms with Crippen molar-refractivity contribution in [2.45, 2.75) is 174 Å². The number of carboxylic acid groups (broad SMARTS) is 1. The van der Waals surface area contributed by atoms with E-state index >= 15 is 0 Å². The Morgan fingerprint density at radius 3 is 1.74 bits per heavy atom. The Bertz CT molecular complexity index is 1110. The number of carbonyl (C=O) groups is 4. The highest BCUT2D eigenvalue weighted by atomic mass is 31.2. The molecule has 53 heavy (non-hydrogen) atoms. The minimum absolute atomic E-state index is 0.0756. The Hall–Kier alpha value is -2.63. The maximum Gasteiger partial charge on any atom is 0.472 e. The van der Waals surface area contributed by atoms with Crippen LogP contribution < -0.4 is 5.73 Å². The number of ketones is 1. The third kappa shape index (κ3) is 34.9. The summed E-state index contributed by atoms with van der Waals surface area (Å²) in [5, 5.41) is 8.86. The van der Waals surface area contributed by atoms with Gasteiger partial charge in [-0.15, -0.1) is 0 Å². The molecule has 0 saturated carbocycles. The van der Waals surface area contributed by atoms with Crippen LogP contribution in [0, 0.1) is 0 Å². The van der Waals surface area contributed by atoms with Gasteiger partial charge in [-0.2, -0.15) is 0 Å². The molecule has 0 saturated heterocycles. The zero-order chi connectivity index (χ0) is 39.4. The molecule has 0 heterocycles. The highest BCUT2D eigenvalue weighted by Crippen LogP contribution is 2.43. The first-order chi connectivity index (χ1) is 25.5. The van der Waals surface area contributed by atoms with E-state index in [4.69, 9.17) is 24.8 Å². The van der Waals surface area contributed by atoms with Crippen LogP contribution in [-0.2, 0) is 42.3 Å². The second-order valence-corrected chi connectivity index (χ2v) is 14.9. The number of hydrogen-bond acceptors (Lipinski definition) is 10. The molecule has 1 unspecified atom stereocenters. The largest absolute Gasteiger partial charge is 0.480 e. The standard InChI is InChI=1S/C40H70NO11P/c1-3-5-7-9-11-12-13-14-15-16-18-22-26-30-38(43)49-32-36(33-50-53(47,48)51-34-37(41)40(45)46)52-39(44)31-27-23-19-21-25-29-35(42)28-24-20-17-10-8-6-4-2/h12-13,17,20,24,28,36-37H,3-11,14-16,18-19,21-23,25-27,29-34,41H2,1-2H3,(H,45,46)(H,47,48)/b13-12-,20-17-,28-24+/t36-,37+/m1/s1. The molecule has 0 aliphatic rings. The van der Waals surface area contributed by atoms with Crippen LogP contribution in [-0.4, -0.2) is 65.7 Å². The number of allylic oxidation sites excluding steroid dienone is 6. The molecule has 0 rings (SSSR count). The lowest BCUT2D eigenvalue weighted by Crippen LogP contribution is -2.34. The van der Waals surface area contributed by atoms with Gasteiger partial charge in [-0.1, -0.05) is 115 Å². The first kappa shape index (κ1) is 50.4. The number of carboxylic acids is 1. The van der Waals surface area contributed by atoms with Crippen molar-refractivity contribution in [3.05, 3.63) is 36.5 Å². The number of nitrogens with two attached hydrogens (primary N) is 1. The third-order valence-electron chi connectivity index (χ3n) is 8.34. The quantitative estimate of drug-likeness (QED) is 0.0136. The maximum absolute atomic E-state index is 12.6. The average molecular weight is 772 g/mol. The molecule has 0 amide bonds. The van der Waals surface area contributed by atoms with Crippen molar-refractivity contribution < 1.29 is 52.3 Å². The smallest absolute Gasteiger partial charge is 0.472 e. The van der Waals surface area contributed by atoms with E-state index in [9.17, 15) is 28.6 Å². The lowest BCUT2D eigenvalue weighted by Gasteiger charge is -2.20. The van der Waals surface area contributed by atoms with E-state index in [-0.39, 0.29) is 25.2 Å². The Balaban J connectivity index is 4.53. The van der Waals surface area contributed by atoms with Crippen LogP contribution in [0.2, 0.25) is 0 Å². The number of rotatable bonds is 37. The fourth-order valence-corrected chi connectivity index (χ4v) is 5.88. The van der Waals surface area contributed by atoms with Crippen LogP contribution in [0.1, 0.15) is 162 Å². The second-order valence-electron chi connectivity index (χ2n) is 13.4. The van der Waals surface area contributed by atoms with E-state index in [1.54, 1.807) is 12.2 Å². The van der Waals surface area contributed by atoms with E-state index < -0.39 is 51.1 Å². The first-order valence-electron chi connectivity index (χ1n) is 20.0. The van der Waals surface area contributed by atoms with Gasteiger partial charge in [-0.05, 0) is 63.9 Å². The number of phosphoric ester groups is 1. The van der Waals surface area contributed by atoms with Crippen molar-refractivity contribution in [1.82, 2.24) is 0 Å². The second kappa shape index (κ2) is 35.1. The third-order valence-corrected chi connectivity index (χ3v) is 9.29. The van der Waals surface area contributed by atoms with E-state index in [1.807, 2.05) is 6.08 Å². The SMILES string of the molecule is CCCCC/C=C\C=C\C(=O)CCCCCCCC(=O)O[C@H](COC(=O)CCCCCCC/C=C\CCCCCC)COP(=O)(O)OC[C@H](N)C(=O)O. The fourth-order valence-electron chi connectivity index (χ4n) is 5.10. The van der Waals surface area contributed by atoms with Crippen LogP contribution in [0.25, 0.3) is 0 Å². The van der Waals surface area contributed by atoms with Gasteiger partial charge in [-0.3, -0.25) is 28.2 Å². The molecule has 306 valence electrons. The van der Waals surface area contributed by atoms with Crippen LogP contribution in [0.15, 0.2) is 36.5 Å². The zero-order valence-electron chi connectivity index (χ0n) is 32.6. The van der Waals surface area contributed by atoms with Crippen molar-refractivity contribution >= 4 is 31.5 Å². The lowest BCUT2D eigenvalue weighted by molar-refractivity contribution is -0.161. The molecule has 0 fully saturated rings. The molecule has 3 atom stereocenters. The van der Waals surface area contributed by atoms with E-state index in [2.05, 4.69) is 36.6 Å². The van der Waals surface area contributed by atoms with Crippen molar-refractivity contribution in [1.29, 1.82) is 0 Å². The molecule has 0 aromatic rings. The maximum atomic E-state index is 12.6. The van der Waals surface area contributed by atoms with Crippen LogP contribution >= 0.6 is 7.82 Å². The molecule has 13 heteroatoms. The van der Waals surface area contributed by atoms with Gasteiger partial charge in [0.25, 0.3) is 0 Å². The van der Waals surface area contributed by atoms with Crippen LogP contribution in [0.3, 0.4) is 0 Å². The van der Waals surface area contributed by atoms with Gasteiger partial charge >= 0.3 is 25.7 Å². The molecule has 0 spiro atoms. The molecule has 0 radical (unpaired) electrons. The molecule has 0 aromatic carbocycles. The molecular weight excluding hydrogens is 701 g/mol. The summed E-state index contributed by atoms with van der Waals surface area (Å²) in [7, 11) is -4.74. The van der Waals surface area contributed by atoms with Crippen LogP contribution in [0.5, 0.6) is 0 Å². The predicted octanol–water partition coefficient (Wildman–Crippen LogP) is 9.24. The van der Waals surface area contributed by atoms with Crippen molar-refractivity contribution in [2.75, 3.05) is 19.8 Å². The molecule has 0 bridgehead atoms. The van der Waals surface area contributed by atoms with Crippen molar-refractivity contribution in [2.24, 2.45) is 5.73 Å². The normalized spacial score (nSPS) is 14.1. The Morgan fingerprint density at radius 2 is 1.11 bits per heavy atom. The van der Waals surface area contributed by atoms with Gasteiger partial charge in [-0.25, -0.2) is 4.57 Å². The minimum Gasteiger partial charge on any atom is -0.480 e. The molecule has 0 aromatic heterocycles. The summed E-state index contributed by atoms with van der Waals surface area (Å²) in [6.07, 6.45) is 31.8. The van der Waals surface area contributed by atoms with E-state index in [1.165, 1.54) is 38.5 Å². The number of ether oxygens (including phenoxy) is 2. The number of esters is 2. The summed E-state index contributed by atoms with van der Waals surface area (Å²) in [5.74, 6) is -2.41. The molecule has 4 N–H and O–H groups in total. The molecular formula is C40H70NO11P. The van der Waals surface area contributed by atoms with Gasteiger partial charge in [0.1, 0.15) is 12.6 Å². The van der Waals surface area contributed by atoms with Gasteiger partial charge < -0.3 is 25.2 Å². The highest BCUT2D eigenvalue weighted by Gasteiger charge is 2.28. The number of carbonyl (C=O) groups excluding carboxylic acids is 3. The summed E-state index contributed by atoms with van der Waals surface area (Å²) < 4.78 is 32.5. The number of hydrogen-bond donors (Lipinski definition) is 3. The minimum atomic E-state index is -4.74. The number of unbranched alkanes of at least 4 members (excludes halogenated alkanes) is 16. The Labute approximate surface area is 318 Å². The Kier molecular flexibility index (Phi) is 33.4. The average Bonchev–Trinajstić information content (AvgIpc) is 3.12. The zero-order valence-corrected chi connectivity index (χ0v) is 33.5. The highest BCUT2D eigenvalue weighted by molar-refractivity contribution is 7.47. The number of phosphoric acid groups is 1. The summed E-state index contributed by atoms with van der Waals surface area (Å²) in [6, 6.07) is -1.54. The van der Waals surface area contributed by atoms with Crippen molar-refractivity contribution in [3.8, 4) is 0 Å². The van der Waals surface area contributed by atoms with E-state index in [0.29, 0.717) is 19.3 Å². The summed E-state index contributed by atoms with van der Waals surface area (Å²) in [5.41, 5.74) is 5.31. The monoisotopic (exact) mass is 771 g/mol. The molecule has 12 nitrogen and oxygen atoms in total. The number of aliphatic carboxylic acids is 1. The van der Waals surface area contributed by atoms with Gasteiger partial charge in [0.2, 0.25) is 0 Å². The van der Waals surface area contributed by atoms with Gasteiger partial charge in [0, 0.05) is 19.3 Å². The summed E-state index contributed by atoms with van der Waals surface area (Å²) >= 11 is 0. The van der Waals surface area contributed by atoms with Crippen LogP contribution in [0.4, 0.5) is 0 Å². The van der Waals surface area contributed by atoms with Gasteiger partial charge in [0.15, 0.2) is 11.9 Å². The fraction of sp³-hybridized carbons (Fsp3) is 0.750. The molecule has 0 aliphatic heterocycles. The van der Waals surface area contributed by atoms with Crippen molar-refractivity contribution in [3.63, 3.8) is 0 Å². The van der Waals surface area contributed by atoms with E-state index in [0.717, 1.165) is 77.0 Å². The van der Waals surface area contributed by atoms with Gasteiger partial charge in [0.05, 0.1) is 13.2 Å². The summed E-state index contributed by atoms with van der Waals surface area (Å²) in [6.45, 7) is 2.58. The summed E-state index contributed by atoms with van der Waals surface area (Å²) in [4.78, 5) is 57.8. The Morgan fingerprint density at radius 1 is 0.623 bits per heavy atom. The first-order valence-corrected chi connectivity index (χ1v) is 21.5. The lowest BCUT2D eigenvalue weighted by atomic mass is 10.1. The molecule has 0 aliphatic carbocycles. The predicted molar refractivity (Wildman–Crippen MR) is 208 cm³/mol. The topological polar surface area (TPSA) is 189 Å².